The van der Waals surface area contributed by atoms with E-state index in [2.05, 4.69) is 23.6 Å². The van der Waals surface area contributed by atoms with E-state index in [0.717, 1.165) is 41.3 Å². The molecule has 0 aliphatic carbocycles. The van der Waals surface area contributed by atoms with E-state index in [-0.39, 0.29) is 11.8 Å². The van der Waals surface area contributed by atoms with Crippen LogP contribution in [0.4, 0.5) is 5.69 Å². The molecule has 1 aliphatic rings. The van der Waals surface area contributed by atoms with E-state index < -0.39 is 0 Å². The number of amides is 1. The van der Waals surface area contributed by atoms with Crippen LogP contribution in [0.2, 0.25) is 5.02 Å². The topological polar surface area (TPSA) is 47.4 Å². The molecule has 1 atom stereocenters. The number of hydrogen-bond acceptors (Lipinski definition) is 3. The molecule has 2 heterocycles. The molecule has 4 aromatic rings. The summed E-state index contributed by atoms with van der Waals surface area (Å²) in [5, 5.41) is 0.629. The van der Waals surface area contributed by atoms with Gasteiger partial charge in [-0.1, -0.05) is 41.9 Å². The summed E-state index contributed by atoms with van der Waals surface area (Å²) >= 11 is 6.16. The predicted molar refractivity (Wildman–Crippen MR) is 132 cm³/mol. The smallest absolute Gasteiger partial charge is 0.227 e. The van der Waals surface area contributed by atoms with Gasteiger partial charge in [0.25, 0.3) is 0 Å². The number of halogens is 1. The zero-order valence-electron chi connectivity index (χ0n) is 18.6. The van der Waals surface area contributed by atoms with Gasteiger partial charge in [-0.25, -0.2) is 4.98 Å². The van der Waals surface area contributed by atoms with Crippen LogP contribution in [-0.2, 0) is 11.3 Å². The predicted octanol–water partition coefficient (Wildman–Crippen LogP) is 5.99. The summed E-state index contributed by atoms with van der Waals surface area (Å²) in [5.74, 6) is 1.99. The normalized spacial score (nSPS) is 16.0. The first-order valence-electron chi connectivity index (χ1n) is 11.3. The van der Waals surface area contributed by atoms with Crippen LogP contribution in [0.25, 0.3) is 11.0 Å². The molecule has 5 rings (SSSR count). The molecule has 3 aromatic carbocycles. The fourth-order valence-electron chi connectivity index (χ4n) is 4.53. The SMILES string of the molecule is Cc1cccc(OCCCn2c([C@@H]3CC(=O)N(c4cccc(Cl)c4)C3)nc3ccccc32)c1. The molecule has 1 fully saturated rings. The van der Waals surface area contributed by atoms with Gasteiger partial charge in [-0.05, 0) is 61.4 Å². The highest BCUT2D eigenvalue weighted by Gasteiger charge is 2.34. The van der Waals surface area contributed by atoms with Crippen molar-refractivity contribution in [1.29, 1.82) is 0 Å². The average molecular weight is 460 g/mol. The number of aromatic nitrogens is 2. The molecule has 168 valence electrons. The Morgan fingerprint density at radius 1 is 1.06 bits per heavy atom. The van der Waals surface area contributed by atoms with Crippen molar-refractivity contribution in [3.05, 3.63) is 89.2 Å². The van der Waals surface area contributed by atoms with Crippen LogP contribution in [0.3, 0.4) is 0 Å². The summed E-state index contributed by atoms with van der Waals surface area (Å²) in [4.78, 5) is 19.6. The Balaban J connectivity index is 1.35. The highest BCUT2D eigenvalue weighted by Crippen LogP contribution is 2.34. The van der Waals surface area contributed by atoms with Gasteiger partial charge in [0.2, 0.25) is 5.91 Å². The lowest BCUT2D eigenvalue weighted by atomic mass is 10.1. The average Bonchev–Trinajstić information content (AvgIpc) is 3.37. The number of hydrogen-bond donors (Lipinski definition) is 0. The van der Waals surface area contributed by atoms with Crippen LogP contribution in [0.15, 0.2) is 72.8 Å². The Bertz CT molecular complexity index is 1300. The highest BCUT2D eigenvalue weighted by molar-refractivity contribution is 6.30. The standard InChI is InChI=1S/C27H26ClN3O2/c1-19-7-4-10-23(15-19)33-14-6-13-30-25-12-3-2-11-24(25)29-27(30)20-16-26(32)31(18-20)22-9-5-8-21(28)17-22/h2-5,7-12,15,17,20H,6,13-14,16,18H2,1H3/t20-/m1/s1. The number of anilines is 1. The van der Waals surface area contributed by atoms with Crippen LogP contribution in [0.1, 0.15) is 30.1 Å². The number of carbonyl (C=O) groups excluding carboxylic acids is 1. The minimum absolute atomic E-state index is 0.0292. The van der Waals surface area contributed by atoms with Crippen molar-refractivity contribution in [2.45, 2.75) is 32.2 Å². The van der Waals surface area contributed by atoms with E-state index in [1.165, 1.54) is 5.56 Å². The van der Waals surface area contributed by atoms with Crippen LogP contribution in [-0.4, -0.2) is 28.6 Å². The second kappa shape index (κ2) is 9.28. The second-order valence-corrected chi connectivity index (χ2v) is 8.95. The number of aryl methyl sites for hydroxylation is 2. The maximum Gasteiger partial charge on any atom is 0.227 e. The van der Waals surface area contributed by atoms with Crippen molar-refractivity contribution >= 4 is 34.2 Å². The molecule has 0 N–H and O–H groups in total. The molecule has 33 heavy (non-hydrogen) atoms. The lowest BCUT2D eigenvalue weighted by Gasteiger charge is -2.18. The summed E-state index contributed by atoms with van der Waals surface area (Å²) in [6, 6.07) is 23.7. The summed E-state index contributed by atoms with van der Waals surface area (Å²) < 4.78 is 8.22. The Kier molecular flexibility index (Phi) is 6.05. The Labute approximate surface area is 198 Å². The quantitative estimate of drug-likeness (QED) is 0.319. The number of rotatable bonds is 7. The summed E-state index contributed by atoms with van der Waals surface area (Å²) in [5.41, 5.74) is 4.08. The molecule has 1 saturated heterocycles. The maximum absolute atomic E-state index is 12.9. The van der Waals surface area contributed by atoms with Crippen LogP contribution < -0.4 is 9.64 Å². The minimum Gasteiger partial charge on any atom is -0.494 e. The first kappa shape index (κ1) is 21.5. The van der Waals surface area contributed by atoms with Crippen molar-refractivity contribution in [1.82, 2.24) is 9.55 Å². The second-order valence-electron chi connectivity index (χ2n) is 8.51. The van der Waals surface area contributed by atoms with Crippen LogP contribution >= 0.6 is 11.6 Å². The van der Waals surface area contributed by atoms with Gasteiger partial charge in [-0.3, -0.25) is 4.79 Å². The first-order chi connectivity index (χ1) is 16.1. The Morgan fingerprint density at radius 3 is 2.76 bits per heavy atom. The third-order valence-corrected chi connectivity index (χ3v) is 6.31. The fraction of sp³-hybridized carbons (Fsp3) is 0.259. The van der Waals surface area contributed by atoms with E-state index in [9.17, 15) is 4.79 Å². The maximum atomic E-state index is 12.9. The number of carbonyl (C=O) groups is 1. The van der Waals surface area contributed by atoms with Gasteiger partial charge in [0.05, 0.1) is 17.6 Å². The van der Waals surface area contributed by atoms with E-state index in [1.807, 2.05) is 65.6 Å². The third kappa shape index (κ3) is 4.60. The Morgan fingerprint density at radius 2 is 1.91 bits per heavy atom. The molecule has 1 aliphatic heterocycles. The van der Waals surface area contributed by atoms with Gasteiger partial charge in [-0.2, -0.15) is 0 Å². The molecule has 1 aromatic heterocycles. The molecule has 6 heteroatoms. The minimum atomic E-state index is 0.0292. The van der Waals surface area contributed by atoms with Gasteiger partial charge >= 0.3 is 0 Å². The van der Waals surface area contributed by atoms with Crippen LogP contribution in [0.5, 0.6) is 5.75 Å². The summed E-state index contributed by atoms with van der Waals surface area (Å²) in [7, 11) is 0. The monoisotopic (exact) mass is 459 g/mol. The zero-order chi connectivity index (χ0) is 22.8. The van der Waals surface area contributed by atoms with Crippen molar-refractivity contribution in [2.24, 2.45) is 0 Å². The fourth-order valence-corrected chi connectivity index (χ4v) is 4.72. The molecule has 0 radical (unpaired) electrons. The van der Waals surface area contributed by atoms with E-state index in [4.69, 9.17) is 21.3 Å². The molecule has 1 amide bonds. The van der Waals surface area contributed by atoms with Crippen molar-refractivity contribution in [3.8, 4) is 5.75 Å². The number of ether oxygens (including phenoxy) is 1. The molecular formula is C27H26ClN3O2. The van der Waals surface area contributed by atoms with E-state index in [1.54, 1.807) is 0 Å². The third-order valence-electron chi connectivity index (χ3n) is 6.08. The van der Waals surface area contributed by atoms with Gasteiger partial charge in [0, 0.05) is 36.1 Å². The van der Waals surface area contributed by atoms with E-state index >= 15 is 0 Å². The lowest BCUT2D eigenvalue weighted by Crippen LogP contribution is -2.24. The number of imidazole rings is 1. The molecule has 0 saturated carbocycles. The highest BCUT2D eigenvalue weighted by atomic mass is 35.5. The van der Waals surface area contributed by atoms with Gasteiger partial charge in [-0.15, -0.1) is 0 Å². The largest absolute Gasteiger partial charge is 0.494 e. The first-order valence-corrected chi connectivity index (χ1v) is 11.7. The zero-order valence-corrected chi connectivity index (χ0v) is 19.3. The van der Waals surface area contributed by atoms with Gasteiger partial charge < -0.3 is 14.2 Å². The number of para-hydroxylation sites is 2. The molecular weight excluding hydrogens is 434 g/mol. The van der Waals surface area contributed by atoms with E-state index in [0.29, 0.717) is 24.6 Å². The molecule has 0 unspecified atom stereocenters. The number of benzene rings is 3. The van der Waals surface area contributed by atoms with Crippen LogP contribution in [0, 0.1) is 6.92 Å². The number of fused-ring (bicyclic) bond motifs is 1. The molecule has 5 nitrogen and oxygen atoms in total. The summed E-state index contributed by atoms with van der Waals surface area (Å²) in [6.07, 6.45) is 1.29. The molecule has 0 bridgehead atoms. The molecule has 0 spiro atoms. The van der Waals surface area contributed by atoms with Gasteiger partial charge in [0.1, 0.15) is 11.6 Å². The van der Waals surface area contributed by atoms with Gasteiger partial charge in [0.15, 0.2) is 0 Å². The van der Waals surface area contributed by atoms with Crippen molar-refractivity contribution < 1.29 is 9.53 Å². The lowest BCUT2D eigenvalue weighted by molar-refractivity contribution is -0.117. The van der Waals surface area contributed by atoms with Crippen molar-refractivity contribution in [2.75, 3.05) is 18.1 Å². The summed E-state index contributed by atoms with van der Waals surface area (Å²) in [6.45, 7) is 4.06. The Hall–Kier alpha value is -3.31. The van der Waals surface area contributed by atoms with Crippen molar-refractivity contribution in [3.63, 3.8) is 0 Å². The number of nitrogens with zero attached hydrogens (tertiary/aromatic N) is 3.